The first-order chi connectivity index (χ1) is 9.74. The van der Waals surface area contributed by atoms with Gasteiger partial charge in [0.2, 0.25) is 0 Å². The molecule has 20 heavy (non-hydrogen) atoms. The van der Waals surface area contributed by atoms with Crippen molar-refractivity contribution < 1.29 is 0 Å². The number of likely N-dealkylation sites (N-methyl/N-ethyl adjacent to an activating group) is 1. The molecule has 1 unspecified atom stereocenters. The fourth-order valence-electron chi connectivity index (χ4n) is 2.99. The van der Waals surface area contributed by atoms with Gasteiger partial charge in [-0.25, -0.2) is 4.98 Å². The normalized spacial score (nSPS) is 19.2. The average Bonchev–Trinajstić information content (AvgIpc) is 3.06. The molecule has 0 saturated carbocycles. The predicted octanol–water partition coefficient (Wildman–Crippen LogP) is 2.22. The summed E-state index contributed by atoms with van der Waals surface area (Å²) in [6.07, 6.45) is 6.92. The summed E-state index contributed by atoms with van der Waals surface area (Å²) in [7, 11) is 0. The first-order valence-electron chi connectivity index (χ1n) is 7.64. The Hall–Kier alpha value is -1.39. The zero-order chi connectivity index (χ0) is 13.9. The quantitative estimate of drug-likeness (QED) is 0.906. The molecule has 4 heteroatoms. The van der Waals surface area contributed by atoms with E-state index in [1.54, 1.807) is 0 Å². The van der Waals surface area contributed by atoms with Crippen molar-refractivity contribution in [1.82, 2.24) is 19.6 Å². The van der Waals surface area contributed by atoms with Gasteiger partial charge in [0.05, 0.1) is 5.69 Å². The molecule has 1 aliphatic rings. The SMILES string of the molecule is CCN(Cc1cn2cc(C)ccc2n1)CC1CCCN1. The standard InChI is InChI=1S/C16H24N4/c1-3-19(10-14-5-4-8-17-14)11-15-12-20-9-13(2)6-7-16(20)18-15/h6-7,9,12,14,17H,3-5,8,10-11H2,1-2H3. The van der Waals surface area contributed by atoms with Crippen LogP contribution in [0.5, 0.6) is 0 Å². The Bertz CT molecular complexity index is 569. The van der Waals surface area contributed by atoms with Crippen LogP contribution in [0.15, 0.2) is 24.5 Å². The Morgan fingerprint density at radius 3 is 3.05 bits per heavy atom. The Kier molecular flexibility index (Phi) is 4.03. The molecule has 1 aliphatic heterocycles. The molecule has 0 aliphatic carbocycles. The van der Waals surface area contributed by atoms with E-state index in [1.165, 1.54) is 24.9 Å². The molecule has 0 bridgehead atoms. The summed E-state index contributed by atoms with van der Waals surface area (Å²) >= 11 is 0. The van der Waals surface area contributed by atoms with Gasteiger partial charge in [-0.1, -0.05) is 13.0 Å². The number of hydrogen-bond acceptors (Lipinski definition) is 3. The fourth-order valence-corrected chi connectivity index (χ4v) is 2.99. The molecule has 2 aromatic heterocycles. The third kappa shape index (κ3) is 3.02. The van der Waals surface area contributed by atoms with Crippen LogP contribution in [0.25, 0.3) is 5.65 Å². The van der Waals surface area contributed by atoms with E-state index in [1.807, 2.05) is 0 Å². The van der Waals surface area contributed by atoms with Crippen LogP contribution in [0.2, 0.25) is 0 Å². The maximum absolute atomic E-state index is 4.72. The first kappa shape index (κ1) is 13.6. The largest absolute Gasteiger partial charge is 0.313 e. The lowest BCUT2D eigenvalue weighted by Gasteiger charge is -2.23. The van der Waals surface area contributed by atoms with Crippen molar-refractivity contribution in [3.8, 4) is 0 Å². The summed E-state index contributed by atoms with van der Waals surface area (Å²) < 4.78 is 2.13. The molecule has 0 radical (unpaired) electrons. The predicted molar refractivity (Wildman–Crippen MR) is 81.9 cm³/mol. The van der Waals surface area contributed by atoms with Crippen molar-refractivity contribution in [2.24, 2.45) is 0 Å². The Morgan fingerprint density at radius 1 is 1.40 bits per heavy atom. The molecule has 108 valence electrons. The monoisotopic (exact) mass is 272 g/mol. The van der Waals surface area contributed by atoms with Crippen molar-refractivity contribution in [3.05, 3.63) is 35.8 Å². The Labute approximate surface area is 120 Å². The van der Waals surface area contributed by atoms with E-state index in [-0.39, 0.29) is 0 Å². The number of imidazole rings is 1. The van der Waals surface area contributed by atoms with Gasteiger partial charge in [-0.05, 0) is 44.5 Å². The van der Waals surface area contributed by atoms with Gasteiger partial charge in [0.15, 0.2) is 0 Å². The number of rotatable bonds is 5. The number of pyridine rings is 1. The van der Waals surface area contributed by atoms with E-state index in [2.05, 4.69) is 53.0 Å². The van der Waals surface area contributed by atoms with Gasteiger partial charge in [-0.2, -0.15) is 0 Å². The molecule has 1 N–H and O–H groups in total. The molecule has 2 aromatic rings. The summed E-state index contributed by atoms with van der Waals surface area (Å²) in [5, 5.41) is 3.57. The molecular weight excluding hydrogens is 248 g/mol. The van der Waals surface area contributed by atoms with E-state index in [0.717, 1.165) is 31.0 Å². The summed E-state index contributed by atoms with van der Waals surface area (Å²) in [6.45, 7) is 8.66. The highest BCUT2D eigenvalue weighted by molar-refractivity contribution is 5.41. The minimum atomic E-state index is 0.661. The van der Waals surface area contributed by atoms with Crippen LogP contribution < -0.4 is 5.32 Å². The van der Waals surface area contributed by atoms with Gasteiger partial charge in [0, 0.05) is 31.5 Å². The second kappa shape index (κ2) is 5.94. The van der Waals surface area contributed by atoms with E-state index in [0.29, 0.717) is 6.04 Å². The summed E-state index contributed by atoms with van der Waals surface area (Å²) in [5.74, 6) is 0. The van der Waals surface area contributed by atoms with Gasteiger partial charge in [-0.15, -0.1) is 0 Å². The van der Waals surface area contributed by atoms with Crippen LogP contribution in [0.4, 0.5) is 0 Å². The maximum atomic E-state index is 4.72. The van der Waals surface area contributed by atoms with Crippen LogP contribution in [0.3, 0.4) is 0 Å². The van der Waals surface area contributed by atoms with Crippen LogP contribution in [-0.2, 0) is 6.54 Å². The number of aromatic nitrogens is 2. The molecule has 1 fully saturated rings. The number of aryl methyl sites for hydroxylation is 1. The topological polar surface area (TPSA) is 32.6 Å². The van der Waals surface area contributed by atoms with Gasteiger partial charge in [0.25, 0.3) is 0 Å². The molecule has 1 saturated heterocycles. The van der Waals surface area contributed by atoms with E-state index in [9.17, 15) is 0 Å². The van der Waals surface area contributed by atoms with Gasteiger partial charge >= 0.3 is 0 Å². The Balaban J connectivity index is 1.69. The van der Waals surface area contributed by atoms with E-state index >= 15 is 0 Å². The second-order valence-electron chi connectivity index (χ2n) is 5.83. The van der Waals surface area contributed by atoms with Crippen molar-refractivity contribution in [2.45, 2.75) is 39.3 Å². The zero-order valence-corrected chi connectivity index (χ0v) is 12.5. The van der Waals surface area contributed by atoms with E-state index < -0.39 is 0 Å². The molecule has 0 aromatic carbocycles. The summed E-state index contributed by atoms with van der Waals surface area (Å²) in [6, 6.07) is 4.87. The van der Waals surface area contributed by atoms with Crippen LogP contribution in [0.1, 0.15) is 31.0 Å². The van der Waals surface area contributed by atoms with Crippen LogP contribution in [-0.4, -0.2) is 40.0 Å². The number of nitrogens with one attached hydrogen (secondary N) is 1. The molecule has 0 amide bonds. The van der Waals surface area contributed by atoms with Gasteiger partial charge in [0.1, 0.15) is 5.65 Å². The van der Waals surface area contributed by atoms with Crippen LogP contribution >= 0.6 is 0 Å². The van der Waals surface area contributed by atoms with Gasteiger partial charge < -0.3 is 9.72 Å². The summed E-state index contributed by atoms with van der Waals surface area (Å²) in [4.78, 5) is 7.20. The lowest BCUT2D eigenvalue weighted by atomic mass is 10.2. The lowest BCUT2D eigenvalue weighted by Crippen LogP contribution is -2.37. The molecule has 3 rings (SSSR count). The third-order valence-corrected chi connectivity index (χ3v) is 4.12. The minimum absolute atomic E-state index is 0.661. The number of hydrogen-bond donors (Lipinski definition) is 1. The molecule has 0 spiro atoms. The molecular formula is C16H24N4. The number of fused-ring (bicyclic) bond motifs is 1. The maximum Gasteiger partial charge on any atom is 0.137 e. The highest BCUT2D eigenvalue weighted by Crippen LogP contribution is 2.12. The zero-order valence-electron chi connectivity index (χ0n) is 12.5. The third-order valence-electron chi connectivity index (χ3n) is 4.12. The fraction of sp³-hybridized carbons (Fsp3) is 0.562. The number of nitrogens with zero attached hydrogens (tertiary/aromatic N) is 3. The van der Waals surface area contributed by atoms with Crippen molar-refractivity contribution in [3.63, 3.8) is 0 Å². The van der Waals surface area contributed by atoms with Crippen molar-refractivity contribution in [1.29, 1.82) is 0 Å². The van der Waals surface area contributed by atoms with Crippen LogP contribution in [0, 0.1) is 6.92 Å². The average molecular weight is 272 g/mol. The lowest BCUT2D eigenvalue weighted by molar-refractivity contribution is 0.251. The van der Waals surface area contributed by atoms with Gasteiger partial charge in [-0.3, -0.25) is 4.90 Å². The summed E-state index contributed by atoms with van der Waals surface area (Å²) in [5.41, 5.74) is 3.47. The van der Waals surface area contributed by atoms with Crippen molar-refractivity contribution >= 4 is 5.65 Å². The molecule has 4 nitrogen and oxygen atoms in total. The first-order valence-corrected chi connectivity index (χ1v) is 7.64. The highest BCUT2D eigenvalue weighted by Gasteiger charge is 2.17. The molecule has 1 atom stereocenters. The van der Waals surface area contributed by atoms with Crippen molar-refractivity contribution in [2.75, 3.05) is 19.6 Å². The molecule has 3 heterocycles. The Morgan fingerprint density at radius 2 is 2.30 bits per heavy atom. The minimum Gasteiger partial charge on any atom is -0.313 e. The smallest absolute Gasteiger partial charge is 0.137 e. The second-order valence-corrected chi connectivity index (χ2v) is 5.83. The van der Waals surface area contributed by atoms with E-state index in [4.69, 9.17) is 4.98 Å². The highest BCUT2D eigenvalue weighted by atomic mass is 15.2.